The molecule has 0 aliphatic rings. The average molecular weight is 279 g/mol. The van der Waals surface area contributed by atoms with Crippen molar-refractivity contribution in [2.24, 2.45) is 0 Å². The number of thioether (sulfide) groups is 1. The molecule has 0 aliphatic heterocycles. The zero-order valence-corrected chi connectivity index (χ0v) is 11.9. The summed E-state index contributed by atoms with van der Waals surface area (Å²) in [6.45, 7) is 2.05. The van der Waals surface area contributed by atoms with E-state index in [0.717, 1.165) is 16.3 Å². The maximum atomic E-state index is 9.36. The van der Waals surface area contributed by atoms with E-state index in [0.29, 0.717) is 16.8 Å². The lowest BCUT2D eigenvalue weighted by Crippen LogP contribution is -1.97. The van der Waals surface area contributed by atoms with Crippen LogP contribution in [0.25, 0.3) is 0 Å². The molecule has 0 aliphatic carbocycles. The fourth-order valence-electron chi connectivity index (χ4n) is 1.86. The average Bonchev–Trinajstić information content (AvgIpc) is 2.48. The van der Waals surface area contributed by atoms with Crippen molar-refractivity contribution in [3.05, 3.63) is 53.6 Å². The molecule has 0 radical (unpaired) electrons. The highest BCUT2D eigenvalue weighted by Crippen LogP contribution is 2.30. The van der Waals surface area contributed by atoms with Crippen molar-refractivity contribution in [2.75, 3.05) is 11.1 Å². The van der Waals surface area contributed by atoms with E-state index in [1.165, 1.54) is 0 Å². The molecule has 0 aromatic heterocycles. The summed E-state index contributed by atoms with van der Waals surface area (Å²) >= 11 is 1.63. The molecule has 4 heteroatoms. The van der Waals surface area contributed by atoms with Crippen molar-refractivity contribution in [1.29, 1.82) is 10.5 Å². The molecule has 1 N–H and O–H groups in total. The SMILES string of the molecule is CCSc1cccc(Nc2ccccc2C#N)c1C#N. The van der Waals surface area contributed by atoms with Crippen molar-refractivity contribution >= 4 is 23.1 Å². The van der Waals surface area contributed by atoms with Gasteiger partial charge in [0.25, 0.3) is 0 Å². The Bertz CT molecular complexity index is 696. The zero-order chi connectivity index (χ0) is 14.4. The van der Waals surface area contributed by atoms with Crippen LogP contribution in [-0.4, -0.2) is 5.75 Å². The molecule has 0 fully saturated rings. The maximum absolute atomic E-state index is 9.36. The quantitative estimate of drug-likeness (QED) is 0.848. The van der Waals surface area contributed by atoms with Gasteiger partial charge in [-0.25, -0.2) is 0 Å². The van der Waals surface area contributed by atoms with Gasteiger partial charge in [-0.3, -0.25) is 0 Å². The van der Waals surface area contributed by atoms with E-state index in [-0.39, 0.29) is 0 Å². The van der Waals surface area contributed by atoms with E-state index in [4.69, 9.17) is 5.26 Å². The predicted molar refractivity (Wildman–Crippen MR) is 82.0 cm³/mol. The van der Waals surface area contributed by atoms with Gasteiger partial charge in [0.05, 0.1) is 22.5 Å². The lowest BCUT2D eigenvalue weighted by atomic mass is 10.1. The van der Waals surface area contributed by atoms with Gasteiger partial charge in [-0.05, 0) is 30.0 Å². The van der Waals surface area contributed by atoms with E-state index in [1.54, 1.807) is 17.8 Å². The number of hydrogen-bond acceptors (Lipinski definition) is 4. The molecule has 0 bridgehead atoms. The largest absolute Gasteiger partial charge is 0.353 e. The first-order chi connectivity index (χ1) is 9.80. The van der Waals surface area contributed by atoms with Crippen LogP contribution in [0, 0.1) is 22.7 Å². The monoisotopic (exact) mass is 279 g/mol. The van der Waals surface area contributed by atoms with Crippen molar-refractivity contribution in [3.63, 3.8) is 0 Å². The number of nitrogens with zero attached hydrogens (tertiary/aromatic N) is 2. The van der Waals surface area contributed by atoms with Gasteiger partial charge in [-0.15, -0.1) is 11.8 Å². The van der Waals surface area contributed by atoms with Crippen LogP contribution in [0.3, 0.4) is 0 Å². The number of nitriles is 2. The summed E-state index contributed by atoms with van der Waals surface area (Å²) in [5, 5.41) is 21.6. The van der Waals surface area contributed by atoms with Crippen molar-refractivity contribution < 1.29 is 0 Å². The minimum absolute atomic E-state index is 0.560. The smallest absolute Gasteiger partial charge is 0.103 e. The third-order valence-electron chi connectivity index (χ3n) is 2.75. The Morgan fingerprint density at radius 3 is 2.45 bits per heavy atom. The highest BCUT2D eigenvalue weighted by molar-refractivity contribution is 7.99. The van der Waals surface area contributed by atoms with Crippen LogP contribution in [-0.2, 0) is 0 Å². The Morgan fingerprint density at radius 1 is 1.00 bits per heavy atom. The van der Waals surface area contributed by atoms with Crippen LogP contribution in [0.4, 0.5) is 11.4 Å². The van der Waals surface area contributed by atoms with Gasteiger partial charge in [0.1, 0.15) is 12.1 Å². The molecule has 3 nitrogen and oxygen atoms in total. The summed E-state index contributed by atoms with van der Waals surface area (Å²) < 4.78 is 0. The second-order valence-corrected chi connectivity index (χ2v) is 5.31. The van der Waals surface area contributed by atoms with Gasteiger partial charge in [-0.1, -0.05) is 25.1 Å². The third kappa shape index (κ3) is 2.93. The minimum Gasteiger partial charge on any atom is -0.353 e. The van der Waals surface area contributed by atoms with Gasteiger partial charge in [0.2, 0.25) is 0 Å². The summed E-state index contributed by atoms with van der Waals surface area (Å²) in [5.74, 6) is 0.910. The number of hydrogen-bond donors (Lipinski definition) is 1. The van der Waals surface area contributed by atoms with Crippen LogP contribution in [0.5, 0.6) is 0 Å². The molecule has 0 atom stereocenters. The van der Waals surface area contributed by atoms with Gasteiger partial charge >= 0.3 is 0 Å². The van der Waals surface area contributed by atoms with Gasteiger partial charge < -0.3 is 5.32 Å². The molecule has 0 spiro atoms. The minimum atomic E-state index is 0.560. The summed E-state index contributed by atoms with van der Waals surface area (Å²) in [7, 11) is 0. The molecular weight excluding hydrogens is 266 g/mol. The third-order valence-corrected chi connectivity index (χ3v) is 3.69. The standard InChI is InChI=1S/C16H13N3S/c1-2-20-16-9-5-8-15(13(16)11-18)19-14-7-4-3-6-12(14)10-17/h3-9,19H,2H2,1H3. The molecule has 2 aromatic carbocycles. The van der Waals surface area contributed by atoms with E-state index in [2.05, 4.69) is 24.4 Å². The molecule has 0 unspecified atom stereocenters. The van der Waals surface area contributed by atoms with E-state index in [9.17, 15) is 5.26 Å². The Morgan fingerprint density at radius 2 is 1.75 bits per heavy atom. The van der Waals surface area contributed by atoms with Gasteiger partial charge in [0.15, 0.2) is 0 Å². The fraction of sp³-hybridized carbons (Fsp3) is 0.125. The van der Waals surface area contributed by atoms with E-state index in [1.807, 2.05) is 36.4 Å². The molecule has 0 saturated heterocycles. The fourth-order valence-corrected chi connectivity index (χ4v) is 2.65. The summed E-state index contributed by atoms with van der Waals surface area (Å²) in [4.78, 5) is 0.953. The second-order valence-electron chi connectivity index (χ2n) is 4.01. The summed E-state index contributed by atoms with van der Waals surface area (Å²) in [6, 6.07) is 17.3. The molecule has 0 saturated carbocycles. The zero-order valence-electron chi connectivity index (χ0n) is 11.1. The lowest BCUT2D eigenvalue weighted by molar-refractivity contribution is 1.34. The Hall–Kier alpha value is -2.43. The number of rotatable bonds is 4. The number of anilines is 2. The van der Waals surface area contributed by atoms with E-state index >= 15 is 0 Å². The van der Waals surface area contributed by atoms with Crippen LogP contribution in [0.1, 0.15) is 18.1 Å². The van der Waals surface area contributed by atoms with Crippen LogP contribution < -0.4 is 5.32 Å². The predicted octanol–water partition coefficient (Wildman–Crippen LogP) is 4.29. The Labute approximate surface area is 122 Å². The molecule has 2 rings (SSSR count). The van der Waals surface area contributed by atoms with Gasteiger partial charge in [0, 0.05) is 4.90 Å². The van der Waals surface area contributed by atoms with Crippen molar-refractivity contribution in [2.45, 2.75) is 11.8 Å². The number of benzene rings is 2. The van der Waals surface area contributed by atoms with Gasteiger partial charge in [-0.2, -0.15) is 10.5 Å². The first-order valence-corrected chi connectivity index (χ1v) is 7.20. The highest BCUT2D eigenvalue weighted by Gasteiger charge is 2.09. The normalized spacial score (nSPS) is 9.55. The molecular formula is C16H13N3S. The lowest BCUT2D eigenvalue weighted by Gasteiger charge is -2.12. The highest BCUT2D eigenvalue weighted by atomic mass is 32.2. The molecule has 0 heterocycles. The Kier molecular flexibility index (Phi) is 4.65. The molecule has 98 valence electrons. The van der Waals surface area contributed by atoms with Crippen LogP contribution in [0.2, 0.25) is 0 Å². The molecule has 20 heavy (non-hydrogen) atoms. The van der Waals surface area contributed by atoms with E-state index < -0.39 is 0 Å². The number of para-hydroxylation sites is 1. The van der Waals surface area contributed by atoms with Crippen molar-refractivity contribution in [3.8, 4) is 12.1 Å². The topological polar surface area (TPSA) is 59.6 Å². The summed E-state index contributed by atoms with van der Waals surface area (Å²) in [5.41, 5.74) is 2.62. The van der Waals surface area contributed by atoms with Crippen LogP contribution in [0.15, 0.2) is 47.4 Å². The molecule has 2 aromatic rings. The maximum Gasteiger partial charge on any atom is 0.103 e. The number of nitrogens with one attached hydrogen (secondary N) is 1. The summed E-state index contributed by atoms with van der Waals surface area (Å²) in [6.07, 6.45) is 0. The van der Waals surface area contributed by atoms with Crippen molar-refractivity contribution in [1.82, 2.24) is 0 Å². The first kappa shape index (κ1) is 14.0. The van der Waals surface area contributed by atoms with Crippen LogP contribution >= 0.6 is 11.8 Å². The Balaban J connectivity index is 2.42. The first-order valence-electron chi connectivity index (χ1n) is 6.22. The second kappa shape index (κ2) is 6.65. The molecule has 0 amide bonds.